The molecule has 0 aromatic heterocycles. The van der Waals surface area contributed by atoms with E-state index in [0.717, 1.165) is 23.3 Å². The number of nitrogens with two attached hydrogens (primary N) is 1. The van der Waals surface area contributed by atoms with Crippen molar-refractivity contribution in [3.8, 4) is 5.75 Å². The fourth-order valence-electron chi connectivity index (χ4n) is 1.93. The predicted octanol–water partition coefficient (Wildman–Crippen LogP) is 4.98. The Morgan fingerprint density at radius 1 is 1.15 bits per heavy atom. The van der Waals surface area contributed by atoms with Crippen LogP contribution in [-0.2, 0) is 6.61 Å². The van der Waals surface area contributed by atoms with Crippen molar-refractivity contribution in [3.05, 3.63) is 63.6 Å². The minimum atomic E-state index is -0.0214. The highest BCUT2D eigenvalue weighted by Crippen LogP contribution is 2.27. The normalized spacial score (nSPS) is 12.2. The maximum Gasteiger partial charge on any atom is 0.124 e. The Kier molecular flexibility index (Phi) is 5.30. The van der Waals surface area contributed by atoms with Gasteiger partial charge in [-0.3, -0.25) is 0 Å². The first-order valence-electron chi connectivity index (χ1n) is 6.53. The largest absolute Gasteiger partial charge is 0.489 e. The molecule has 0 aliphatic carbocycles. The van der Waals surface area contributed by atoms with Crippen molar-refractivity contribution in [1.29, 1.82) is 0 Å². The lowest BCUT2D eigenvalue weighted by molar-refractivity contribution is 0.301. The molecule has 0 fully saturated rings. The summed E-state index contributed by atoms with van der Waals surface area (Å²) in [6.45, 7) is 2.45. The molecule has 20 heavy (non-hydrogen) atoms. The minimum Gasteiger partial charge on any atom is -0.489 e. The summed E-state index contributed by atoms with van der Waals surface area (Å²) < 4.78 is 5.86. The number of para-hydroxylation sites is 1. The third-order valence-electron chi connectivity index (χ3n) is 3.16. The summed E-state index contributed by atoms with van der Waals surface area (Å²) >= 11 is 12.0. The number of rotatable bonds is 5. The second kappa shape index (κ2) is 6.98. The van der Waals surface area contributed by atoms with Gasteiger partial charge < -0.3 is 10.5 Å². The van der Waals surface area contributed by atoms with E-state index in [0.29, 0.717) is 16.7 Å². The molecule has 0 aliphatic heterocycles. The lowest BCUT2D eigenvalue weighted by Crippen LogP contribution is -2.10. The topological polar surface area (TPSA) is 35.2 Å². The molecule has 0 bridgehead atoms. The van der Waals surface area contributed by atoms with Crippen LogP contribution in [0.2, 0.25) is 10.0 Å². The number of hydrogen-bond acceptors (Lipinski definition) is 2. The van der Waals surface area contributed by atoms with Crippen molar-refractivity contribution in [2.75, 3.05) is 0 Å². The second-order valence-corrected chi connectivity index (χ2v) is 5.42. The molecule has 2 N–H and O–H groups in total. The molecule has 0 radical (unpaired) electrons. The van der Waals surface area contributed by atoms with Gasteiger partial charge in [0, 0.05) is 27.2 Å². The first-order chi connectivity index (χ1) is 9.61. The molecule has 2 aromatic rings. The van der Waals surface area contributed by atoms with Gasteiger partial charge in [0.25, 0.3) is 0 Å². The van der Waals surface area contributed by atoms with E-state index in [9.17, 15) is 0 Å². The SMILES string of the molecule is CC[C@H](N)c1ccccc1OCc1ccc(Cl)cc1Cl. The van der Waals surface area contributed by atoms with Gasteiger partial charge in [0.15, 0.2) is 0 Å². The molecule has 0 amide bonds. The molecule has 106 valence electrons. The first kappa shape index (κ1) is 15.2. The van der Waals surface area contributed by atoms with E-state index in [4.69, 9.17) is 33.7 Å². The predicted molar refractivity (Wildman–Crippen MR) is 84.5 cm³/mol. The molecule has 0 saturated carbocycles. The molecule has 2 nitrogen and oxygen atoms in total. The summed E-state index contributed by atoms with van der Waals surface area (Å²) in [5, 5.41) is 1.22. The molecule has 0 spiro atoms. The molecular weight excluding hydrogens is 293 g/mol. The summed E-state index contributed by atoms with van der Waals surface area (Å²) in [6.07, 6.45) is 0.863. The molecule has 1 atom stereocenters. The van der Waals surface area contributed by atoms with Crippen molar-refractivity contribution in [3.63, 3.8) is 0 Å². The fourth-order valence-corrected chi connectivity index (χ4v) is 2.40. The van der Waals surface area contributed by atoms with Crippen LogP contribution in [0.15, 0.2) is 42.5 Å². The van der Waals surface area contributed by atoms with Gasteiger partial charge in [-0.05, 0) is 24.6 Å². The smallest absolute Gasteiger partial charge is 0.124 e. The monoisotopic (exact) mass is 309 g/mol. The van der Waals surface area contributed by atoms with Crippen LogP contribution in [-0.4, -0.2) is 0 Å². The Morgan fingerprint density at radius 3 is 2.60 bits per heavy atom. The van der Waals surface area contributed by atoms with Crippen LogP contribution in [0, 0.1) is 0 Å². The van der Waals surface area contributed by atoms with Crippen molar-refractivity contribution in [2.45, 2.75) is 26.0 Å². The van der Waals surface area contributed by atoms with E-state index in [2.05, 4.69) is 6.92 Å². The highest BCUT2D eigenvalue weighted by molar-refractivity contribution is 6.35. The van der Waals surface area contributed by atoms with Crippen LogP contribution < -0.4 is 10.5 Å². The molecule has 2 aromatic carbocycles. The van der Waals surface area contributed by atoms with Gasteiger partial charge in [-0.15, -0.1) is 0 Å². The van der Waals surface area contributed by atoms with Crippen molar-refractivity contribution < 1.29 is 4.74 Å². The second-order valence-electron chi connectivity index (χ2n) is 4.58. The Hall–Kier alpha value is -1.22. The standard InChI is InChI=1S/C16H17Cl2NO/c1-2-15(19)13-5-3-4-6-16(13)20-10-11-7-8-12(17)9-14(11)18/h3-9,15H,2,10,19H2,1H3/t15-/m0/s1. The maximum absolute atomic E-state index is 6.14. The van der Waals surface area contributed by atoms with Gasteiger partial charge in [-0.25, -0.2) is 0 Å². The Morgan fingerprint density at radius 2 is 1.90 bits per heavy atom. The zero-order chi connectivity index (χ0) is 14.5. The van der Waals surface area contributed by atoms with E-state index in [-0.39, 0.29) is 6.04 Å². The Bertz CT molecular complexity index is 586. The zero-order valence-corrected chi connectivity index (χ0v) is 12.8. The van der Waals surface area contributed by atoms with Crippen LogP contribution >= 0.6 is 23.2 Å². The maximum atomic E-state index is 6.14. The Balaban J connectivity index is 2.15. The van der Waals surface area contributed by atoms with Crippen LogP contribution in [0.25, 0.3) is 0 Å². The lowest BCUT2D eigenvalue weighted by Gasteiger charge is -2.16. The first-order valence-corrected chi connectivity index (χ1v) is 7.28. The van der Waals surface area contributed by atoms with Crippen LogP contribution in [0.4, 0.5) is 0 Å². The average Bonchev–Trinajstić information content (AvgIpc) is 2.46. The number of hydrogen-bond donors (Lipinski definition) is 1. The van der Waals surface area contributed by atoms with Gasteiger partial charge in [0.2, 0.25) is 0 Å². The minimum absolute atomic E-state index is 0.0214. The molecule has 0 heterocycles. The highest BCUT2D eigenvalue weighted by atomic mass is 35.5. The molecule has 2 rings (SSSR count). The average molecular weight is 310 g/mol. The fraction of sp³-hybridized carbons (Fsp3) is 0.250. The summed E-state index contributed by atoms with van der Waals surface area (Å²) in [7, 11) is 0. The number of halogens is 2. The molecular formula is C16H17Cl2NO. The third kappa shape index (κ3) is 3.66. The van der Waals surface area contributed by atoms with Gasteiger partial charge in [-0.1, -0.05) is 54.4 Å². The van der Waals surface area contributed by atoms with Gasteiger partial charge in [0.1, 0.15) is 12.4 Å². The summed E-state index contributed by atoms with van der Waals surface area (Å²) in [6, 6.07) is 13.2. The zero-order valence-electron chi connectivity index (χ0n) is 11.3. The Labute approximate surface area is 129 Å². The number of benzene rings is 2. The summed E-state index contributed by atoms with van der Waals surface area (Å²) in [4.78, 5) is 0. The third-order valence-corrected chi connectivity index (χ3v) is 3.74. The van der Waals surface area contributed by atoms with E-state index in [1.165, 1.54) is 0 Å². The molecule has 0 unspecified atom stereocenters. The highest BCUT2D eigenvalue weighted by Gasteiger charge is 2.10. The van der Waals surface area contributed by atoms with Gasteiger partial charge in [0.05, 0.1) is 0 Å². The van der Waals surface area contributed by atoms with Crippen LogP contribution in [0.3, 0.4) is 0 Å². The molecule has 4 heteroatoms. The van der Waals surface area contributed by atoms with E-state index in [1.54, 1.807) is 12.1 Å². The molecule has 0 aliphatic rings. The molecule has 0 saturated heterocycles. The van der Waals surface area contributed by atoms with Gasteiger partial charge >= 0.3 is 0 Å². The van der Waals surface area contributed by atoms with Gasteiger partial charge in [-0.2, -0.15) is 0 Å². The summed E-state index contributed by atoms with van der Waals surface area (Å²) in [5.74, 6) is 0.799. The lowest BCUT2D eigenvalue weighted by atomic mass is 10.0. The van der Waals surface area contributed by atoms with Crippen molar-refractivity contribution in [2.24, 2.45) is 5.73 Å². The van der Waals surface area contributed by atoms with Crippen LogP contribution in [0.1, 0.15) is 30.5 Å². The van der Waals surface area contributed by atoms with E-state index < -0.39 is 0 Å². The van der Waals surface area contributed by atoms with E-state index >= 15 is 0 Å². The summed E-state index contributed by atoms with van der Waals surface area (Å²) in [5.41, 5.74) is 8.00. The number of ether oxygens (including phenoxy) is 1. The quantitative estimate of drug-likeness (QED) is 0.845. The van der Waals surface area contributed by atoms with Crippen LogP contribution in [0.5, 0.6) is 5.75 Å². The van der Waals surface area contributed by atoms with E-state index in [1.807, 2.05) is 30.3 Å². The van der Waals surface area contributed by atoms with Crippen molar-refractivity contribution >= 4 is 23.2 Å². The van der Waals surface area contributed by atoms with Crippen molar-refractivity contribution in [1.82, 2.24) is 0 Å².